The molecule has 0 radical (unpaired) electrons. The Kier molecular flexibility index (Phi) is 5.24. The van der Waals surface area contributed by atoms with E-state index in [0.717, 1.165) is 23.9 Å². The molecule has 19 heavy (non-hydrogen) atoms. The van der Waals surface area contributed by atoms with Gasteiger partial charge in [0.2, 0.25) is 11.7 Å². The molecule has 1 N–H and O–H groups in total. The Hall–Kier alpha value is -0.590. The summed E-state index contributed by atoms with van der Waals surface area (Å²) >= 11 is 1.93. The number of likely N-dealkylation sites (N-methyl/N-ethyl adjacent to an activating group) is 1. The van der Waals surface area contributed by atoms with Crippen LogP contribution in [0.25, 0.3) is 0 Å². The number of nitrogens with one attached hydrogen (secondary N) is 1. The molecule has 6 heteroatoms. The molecule has 1 aromatic rings. The minimum atomic E-state index is -0.0934. The highest BCUT2D eigenvalue weighted by Crippen LogP contribution is 2.33. The molecule has 1 fully saturated rings. The zero-order chi connectivity index (χ0) is 13.8. The van der Waals surface area contributed by atoms with Crippen LogP contribution < -0.4 is 5.32 Å². The number of thioether (sulfide) groups is 1. The second kappa shape index (κ2) is 6.72. The van der Waals surface area contributed by atoms with Gasteiger partial charge in [-0.1, -0.05) is 25.9 Å². The van der Waals surface area contributed by atoms with E-state index in [0.29, 0.717) is 23.7 Å². The summed E-state index contributed by atoms with van der Waals surface area (Å²) in [4.78, 5) is 4.56. The molecule has 0 aliphatic carbocycles. The van der Waals surface area contributed by atoms with Gasteiger partial charge in [-0.15, -0.1) is 0 Å². The van der Waals surface area contributed by atoms with Gasteiger partial charge in [0.1, 0.15) is 6.10 Å². The molecule has 2 rings (SSSR count). The Balaban J connectivity index is 2.11. The second-order valence-electron chi connectivity index (χ2n) is 5.20. The molecule has 108 valence electrons. The predicted molar refractivity (Wildman–Crippen MR) is 76.4 cm³/mol. The average Bonchev–Trinajstić information content (AvgIpc) is 2.98. The van der Waals surface area contributed by atoms with Gasteiger partial charge in [-0.3, -0.25) is 0 Å². The van der Waals surface area contributed by atoms with Crippen LogP contribution in [0.1, 0.15) is 44.5 Å². The fraction of sp³-hybridized carbons (Fsp3) is 0.846. The summed E-state index contributed by atoms with van der Waals surface area (Å²) in [5.41, 5.74) is 0. The molecule has 1 aromatic heterocycles. The third-order valence-corrected chi connectivity index (χ3v) is 4.63. The van der Waals surface area contributed by atoms with Gasteiger partial charge in [0, 0.05) is 24.7 Å². The van der Waals surface area contributed by atoms with Crippen molar-refractivity contribution in [2.24, 2.45) is 5.92 Å². The number of aromatic nitrogens is 2. The van der Waals surface area contributed by atoms with E-state index >= 15 is 0 Å². The lowest BCUT2D eigenvalue weighted by Gasteiger charge is -2.16. The van der Waals surface area contributed by atoms with Gasteiger partial charge in [-0.05, 0) is 12.5 Å². The molecule has 0 bridgehead atoms. The van der Waals surface area contributed by atoms with Gasteiger partial charge in [-0.2, -0.15) is 16.7 Å². The SMILES string of the molecule is CCNC1CSCC1c1nc(C(OC)C(C)C)no1. The molecular formula is C13H23N3O2S. The van der Waals surface area contributed by atoms with Crippen LogP contribution >= 0.6 is 11.8 Å². The van der Waals surface area contributed by atoms with E-state index in [1.807, 2.05) is 11.8 Å². The minimum Gasteiger partial charge on any atom is -0.373 e. The summed E-state index contributed by atoms with van der Waals surface area (Å²) in [6.45, 7) is 7.28. The van der Waals surface area contributed by atoms with Gasteiger partial charge >= 0.3 is 0 Å². The fourth-order valence-corrected chi connectivity index (χ4v) is 3.82. The van der Waals surface area contributed by atoms with Crippen molar-refractivity contribution in [3.63, 3.8) is 0 Å². The predicted octanol–water partition coefficient (Wildman–Crippen LogP) is 2.22. The number of ether oxygens (including phenoxy) is 1. The molecule has 2 heterocycles. The Labute approximate surface area is 118 Å². The van der Waals surface area contributed by atoms with Crippen LogP contribution in [0.2, 0.25) is 0 Å². The van der Waals surface area contributed by atoms with Gasteiger partial charge in [0.25, 0.3) is 0 Å². The number of nitrogens with zero attached hydrogens (tertiary/aromatic N) is 2. The highest BCUT2D eigenvalue weighted by atomic mass is 32.2. The standard InChI is InChI=1S/C13H23N3O2S/c1-5-14-10-7-19-6-9(10)13-15-12(16-18-13)11(17-4)8(2)3/h8-11,14H,5-7H2,1-4H3. The molecule has 1 aliphatic heterocycles. The molecule has 5 nitrogen and oxygen atoms in total. The highest BCUT2D eigenvalue weighted by Gasteiger charge is 2.34. The summed E-state index contributed by atoms with van der Waals surface area (Å²) in [5, 5.41) is 7.59. The Morgan fingerprint density at radius 3 is 2.89 bits per heavy atom. The van der Waals surface area contributed by atoms with Crippen molar-refractivity contribution in [1.29, 1.82) is 0 Å². The topological polar surface area (TPSA) is 60.2 Å². The van der Waals surface area contributed by atoms with Crippen molar-refractivity contribution in [2.45, 2.75) is 38.8 Å². The number of hydrogen-bond donors (Lipinski definition) is 1. The molecular weight excluding hydrogens is 262 g/mol. The Morgan fingerprint density at radius 2 is 2.26 bits per heavy atom. The molecule has 3 atom stereocenters. The highest BCUT2D eigenvalue weighted by molar-refractivity contribution is 7.99. The first-order valence-electron chi connectivity index (χ1n) is 6.84. The molecule has 1 aliphatic rings. The van der Waals surface area contributed by atoms with E-state index in [9.17, 15) is 0 Å². The van der Waals surface area contributed by atoms with Crippen LogP contribution in [0.4, 0.5) is 0 Å². The van der Waals surface area contributed by atoms with Gasteiger partial charge in [0.05, 0.1) is 5.92 Å². The van der Waals surface area contributed by atoms with E-state index in [1.54, 1.807) is 7.11 Å². The molecule has 1 saturated heterocycles. The lowest BCUT2D eigenvalue weighted by atomic mass is 10.0. The summed E-state index contributed by atoms with van der Waals surface area (Å²) in [6, 6.07) is 0.434. The van der Waals surface area contributed by atoms with E-state index in [1.165, 1.54) is 0 Å². The first-order valence-corrected chi connectivity index (χ1v) is 8.00. The van der Waals surface area contributed by atoms with Crippen molar-refractivity contribution >= 4 is 11.8 Å². The van der Waals surface area contributed by atoms with E-state index in [2.05, 4.69) is 36.2 Å². The van der Waals surface area contributed by atoms with Crippen molar-refractivity contribution in [2.75, 3.05) is 25.2 Å². The van der Waals surface area contributed by atoms with E-state index in [4.69, 9.17) is 9.26 Å². The zero-order valence-corrected chi connectivity index (χ0v) is 12.9. The van der Waals surface area contributed by atoms with Crippen LogP contribution in [0.15, 0.2) is 4.52 Å². The maximum absolute atomic E-state index is 5.46. The molecule has 0 amide bonds. The van der Waals surface area contributed by atoms with Crippen LogP contribution in [-0.2, 0) is 4.74 Å². The van der Waals surface area contributed by atoms with E-state index < -0.39 is 0 Å². The first-order chi connectivity index (χ1) is 9.17. The first kappa shape index (κ1) is 14.8. The third kappa shape index (κ3) is 3.30. The molecule has 0 aromatic carbocycles. The van der Waals surface area contributed by atoms with Crippen LogP contribution in [0, 0.1) is 5.92 Å². The smallest absolute Gasteiger partial charge is 0.232 e. The van der Waals surface area contributed by atoms with Crippen LogP contribution in [-0.4, -0.2) is 41.3 Å². The quantitative estimate of drug-likeness (QED) is 0.865. The summed E-state index contributed by atoms with van der Waals surface area (Å²) in [6.07, 6.45) is -0.0934. The van der Waals surface area contributed by atoms with Gasteiger partial charge in [-0.25, -0.2) is 0 Å². The van der Waals surface area contributed by atoms with Gasteiger partial charge in [0.15, 0.2) is 0 Å². The lowest BCUT2D eigenvalue weighted by Crippen LogP contribution is -2.34. The van der Waals surface area contributed by atoms with Crippen molar-refractivity contribution in [3.05, 3.63) is 11.7 Å². The average molecular weight is 285 g/mol. The monoisotopic (exact) mass is 285 g/mol. The Morgan fingerprint density at radius 1 is 1.47 bits per heavy atom. The molecule has 0 saturated carbocycles. The number of methoxy groups -OCH3 is 1. The molecule has 0 spiro atoms. The number of hydrogen-bond acceptors (Lipinski definition) is 6. The van der Waals surface area contributed by atoms with Crippen molar-refractivity contribution in [3.8, 4) is 0 Å². The van der Waals surface area contributed by atoms with Crippen LogP contribution in [0.3, 0.4) is 0 Å². The largest absolute Gasteiger partial charge is 0.373 e. The fourth-order valence-electron chi connectivity index (χ4n) is 2.45. The lowest BCUT2D eigenvalue weighted by molar-refractivity contribution is 0.0555. The maximum atomic E-state index is 5.46. The zero-order valence-electron chi connectivity index (χ0n) is 12.0. The number of rotatable bonds is 6. The third-order valence-electron chi connectivity index (χ3n) is 3.44. The molecule has 3 unspecified atom stereocenters. The summed E-state index contributed by atoms with van der Waals surface area (Å²) in [5.74, 6) is 4.20. The maximum Gasteiger partial charge on any atom is 0.232 e. The van der Waals surface area contributed by atoms with Crippen molar-refractivity contribution in [1.82, 2.24) is 15.5 Å². The minimum absolute atomic E-state index is 0.0934. The van der Waals surface area contributed by atoms with Gasteiger partial charge < -0.3 is 14.6 Å². The normalized spacial score (nSPS) is 25.1. The summed E-state index contributed by atoms with van der Waals surface area (Å²) < 4.78 is 10.9. The second-order valence-corrected chi connectivity index (χ2v) is 6.27. The Bertz CT molecular complexity index is 397. The van der Waals surface area contributed by atoms with E-state index in [-0.39, 0.29) is 6.10 Å². The van der Waals surface area contributed by atoms with Crippen LogP contribution in [0.5, 0.6) is 0 Å². The summed E-state index contributed by atoms with van der Waals surface area (Å²) in [7, 11) is 1.69. The van der Waals surface area contributed by atoms with Crippen molar-refractivity contribution < 1.29 is 9.26 Å².